The SMILES string of the molecule is N#CC(S)NC(=O)[C@@H]1CCCC[C@H]1c1oc(-c2ccc(F)cc2F)nc1-c1ccc(N2CCS(=O)(=O)CC2)cc1. The van der Waals surface area contributed by atoms with Crippen LogP contribution in [0, 0.1) is 28.9 Å². The zero-order valence-corrected chi connectivity index (χ0v) is 23.2. The number of aromatic nitrogens is 1. The number of sulfone groups is 1. The van der Waals surface area contributed by atoms with Gasteiger partial charge in [0.1, 0.15) is 23.1 Å². The number of carbonyl (C=O) groups excluding carboxylic acids is 1. The van der Waals surface area contributed by atoms with Gasteiger partial charge in [0.05, 0.1) is 23.1 Å². The van der Waals surface area contributed by atoms with E-state index in [0.717, 1.165) is 30.7 Å². The van der Waals surface area contributed by atoms with Crippen molar-refractivity contribution < 1.29 is 26.4 Å². The fraction of sp³-hybridized carbons (Fsp3) is 0.393. The number of oxazole rings is 1. The van der Waals surface area contributed by atoms with Gasteiger partial charge in [0, 0.05) is 42.2 Å². The molecule has 1 N–H and O–H groups in total. The number of carbonyl (C=O) groups is 1. The molecule has 1 aliphatic carbocycles. The van der Waals surface area contributed by atoms with Gasteiger partial charge in [-0.2, -0.15) is 5.26 Å². The van der Waals surface area contributed by atoms with Crippen LogP contribution in [0.4, 0.5) is 14.5 Å². The van der Waals surface area contributed by atoms with Crippen LogP contribution < -0.4 is 10.2 Å². The lowest BCUT2D eigenvalue weighted by Crippen LogP contribution is -2.40. The van der Waals surface area contributed by atoms with E-state index in [1.54, 1.807) is 0 Å². The molecular formula is C28H28F2N4O4S2. The monoisotopic (exact) mass is 586 g/mol. The number of nitrogens with one attached hydrogen (secondary N) is 1. The third-order valence-electron chi connectivity index (χ3n) is 7.51. The van der Waals surface area contributed by atoms with Crippen molar-refractivity contribution in [2.45, 2.75) is 37.0 Å². The molecule has 3 atom stereocenters. The van der Waals surface area contributed by atoms with Crippen LogP contribution in [0.1, 0.15) is 37.4 Å². The lowest BCUT2D eigenvalue weighted by Gasteiger charge is -2.30. The number of anilines is 1. The first-order valence-corrected chi connectivity index (χ1v) is 15.4. The quantitative estimate of drug-likeness (QED) is 0.318. The van der Waals surface area contributed by atoms with Crippen LogP contribution in [0.2, 0.25) is 0 Å². The van der Waals surface area contributed by atoms with Gasteiger partial charge in [0.2, 0.25) is 11.8 Å². The standard InChI is InChI=1S/C28H28F2N4O4S2/c29-18-7-10-22(23(30)15-18)28-33-25(17-5-8-19(9-6-17)34-11-13-40(36,37)14-12-34)26(38-28)20-3-1-2-4-21(20)27(35)32-24(39)16-31/h5-10,15,20-21,24,39H,1-4,11-14H2,(H,32,35)/t20-,21-,24?/m1/s1. The van der Waals surface area contributed by atoms with Gasteiger partial charge in [-0.05, 0) is 37.1 Å². The number of benzene rings is 2. The number of nitriles is 1. The molecule has 210 valence electrons. The van der Waals surface area contributed by atoms with Crippen LogP contribution >= 0.6 is 12.6 Å². The summed E-state index contributed by atoms with van der Waals surface area (Å²) < 4.78 is 58.2. The molecule has 40 heavy (non-hydrogen) atoms. The molecule has 5 rings (SSSR count). The molecule has 1 amide bonds. The van der Waals surface area contributed by atoms with Gasteiger partial charge in [0.15, 0.2) is 15.2 Å². The van der Waals surface area contributed by atoms with Crippen molar-refractivity contribution in [2.75, 3.05) is 29.5 Å². The number of thiol groups is 1. The highest BCUT2D eigenvalue weighted by Crippen LogP contribution is 2.44. The molecule has 1 aliphatic heterocycles. The van der Waals surface area contributed by atoms with E-state index in [4.69, 9.17) is 9.68 Å². The molecule has 1 saturated carbocycles. The summed E-state index contributed by atoms with van der Waals surface area (Å²) >= 11 is 4.08. The van der Waals surface area contributed by atoms with Crippen molar-refractivity contribution >= 4 is 34.1 Å². The summed E-state index contributed by atoms with van der Waals surface area (Å²) in [4.78, 5) is 19.7. The summed E-state index contributed by atoms with van der Waals surface area (Å²) in [5.41, 5.74) is 1.98. The van der Waals surface area contributed by atoms with Gasteiger partial charge in [-0.25, -0.2) is 22.2 Å². The maximum atomic E-state index is 14.7. The molecule has 2 fully saturated rings. The highest BCUT2D eigenvalue weighted by Gasteiger charge is 2.37. The normalized spacial score (nSPS) is 21.4. The third-order valence-corrected chi connectivity index (χ3v) is 9.36. The maximum Gasteiger partial charge on any atom is 0.229 e. The number of hydrogen-bond donors (Lipinski definition) is 2. The van der Waals surface area contributed by atoms with E-state index in [1.165, 1.54) is 6.07 Å². The van der Waals surface area contributed by atoms with Crippen LogP contribution in [0.3, 0.4) is 0 Å². The molecule has 12 heteroatoms. The minimum atomic E-state index is -3.02. The smallest absolute Gasteiger partial charge is 0.229 e. The number of amides is 1. The van der Waals surface area contributed by atoms with E-state index < -0.39 is 32.8 Å². The number of nitrogens with zero attached hydrogens (tertiary/aromatic N) is 3. The first-order chi connectivity index (χ1) is 19.1. The largest absolute Gasteiger partial charge is 0.440 e. The van der Waals surface area contributed by atoms with Crippen molar-refractivity contribution in [3.63, 3.8) is 0 Å². The number of hydrogen-bond acceptors (Lipinski definition) is 8. The second kappa shape index (κ2) is 11.6. The fourth-order valence-corrected chi connectivity index (χ4v) is 6.73. The Labute approximate surface area is 236 Å². The Morgan fingerprint density at radius 3 is 2.50 bits per heavy atom. The van der Waals surface area contributed by atoms with Crippen LogP contribution in [0.15, 0.2) is 46.9 Å². The number of halogens is 2. The third kappa shape index (κ3) is 6.00. The molecule has 0 spiro atoms. The lowest BCUT2D eigenvalue weighted by molar-refractivity contribution is -0.126. The Kier molecular flexibility index (Phi) is 8.14. The molecule has 3 aromatic rings. The predicted molar refractivity (Wildman–Crippen MR) is 149 cm³/mol. The minimum absolute atomic E-state index is 0.00300. The summed E-state index contributed by atoms with van der Waals surface area (Å²) in [6, 6.07) is 12.4. The second-order valence-electron chi connectivity index (χ2n) is 10.1. The zero-order chi connectivity index (χ0) is 28.4. The zero-order valence-electron chi connectivity index (χ0n) is 21.5. The van der Waals surface area contributed by atoms with E-state index in [9.17, 15) is 22.0 Å². The topological polar surface area (TPSA) is 116 Å². The van der Waals surface area contributed by atoms with Crippen molar-refractivity contribution in [3.8, 4) is 28.8 Å². The van der Waals surface area contributed by atoms with Gasteiger partial charge >= 0.3 is 0 Å². The average molecular weight is 587 g/mol. The van der Waals surface area contributed by atoms with Gasteiger partial charge in [-0.3, -0.25) is 4.79 Å². The van der Waals surface area contributed by atoms with Crippen molar-refractivity contribution in [1.82, 2.24) is 10.3 Å². The predicted octanol–water partition coefficient (Wildman–Crippen LogP) is 4.69. The molecular weight excluding hydrogens is 558 g/mol. The molecule has 1 unspecified atom stereocenters. The van der Waals surface area contributed by atoms with Crippen LogP contribution in [0.25, 0.3) is 22.7 Å². The minimum Gasteiger partial charge on any atom is -0.440 e. The van der Waals surface area contributed by atoms with E-state index in [2.05, 4.69) is 22.9 Å². The van der Waals surface area contributed by atoms with Gasteiger partial charge in [-0.15, -0.1) is 12.6 Å². The van der Waals surface area contributed by atoms with Gasteiger partial charge in [0.25, 0.3) is 0 Å². The van der Waals surface area contributed by atoms with Crippen LogP contribution in [0.5, 0.6) is 0 Å². The fourth-order valence-electron chi connectivity index (χ4n) is 5.40. The molecule has 8 nitrogen and oxygen atoms in total. The summed E-state index contributed by atoms with van der Waals surface area (Å²) in [6.45, 7) is 0.803. The Bertz CT molecular complexity index is 1540. The van der Waals surface area contributed by atoms with Crippen molar-refractivity contribution in [1.29, 1.82) is 5.26 Å². The van der Waals surface area contributed by atoms with Crippen LogP contribution in [-0.4, -0.2) is 49.3 Å². The highest BCUT2D eigenvalue weighted by molar-refractivity contribution is 7.91. The van der Waals surface area contributed by atoms with Crippen molar-refractivity contribution in [3.05, 3.63) is 59.9 Å². The summed E-state index contributed by atoms with van der Waals surface area (Å²) in [6.07, 6.45) is 2.85. The molecule has 2 aliphatic rings. The molecule has 2 heterocycles. The Morgan fingerprint density at radius 2 is 1.82 bits per heavy atom. The Morgan fingerprint density at radius 1 is 1.12 bits per heavy atom. The van der Waals surface area contributed by atoms with Crippen molar-refractivity contribution in [2.24, 2.45) is 5.92 Å². The first kappa shape index (κ1) is 28.1. The molecule has 0 bridgehead atoms. The average Bonchev–Trinajstić information content (AvgIpc) is 3.38. The lowest BCUT2D eigenvalue weighted by atomic mass is 9.76. The van der Waals surface area contributed by atoms with E-state index in [1.807, 2.05) is 35.2 Å². The van der Waals surface area contributed by atoms with Gasteiger partial charge in [-0.1, -0.05) is 25.0 Å². The molecule has 2 aromatic carbocycles. The molecule has 1 saturated heterocycles. The summed E-state index contributed by atoms with van der Waals surface area (Å²) in [5, 5.41) is 10.8. The van der Waals surface area contributed by atoms with Gasteiger partial charge < -0.3 is 14.6 Å². The summed E-state index contributed by atoms with van der Waals surface area (Å²) in [5.74, 6) is -2.18. The molecule has 0 radical (unpaired) electrons. The second-order valence-corrected chi connectivity index (χ2v) is 12.9. The van der Waals surface area contributed by atoms with E-state index >= 15 is 0 Å². The highest BCUT2D eigenvalue weighted by atomic mass is 32.2. The Hall–Kier alpha value is -3.43. The van der Waals surface area contributed by atoms with E-state index in [0.29, 0.717) is 42.9 Å². The maximum absolute atomic E-state index is 14.7. The summed E-state index contributed by atoms with van der Waals surface area (Å²) in [7, 11) is -3.02. The number of rotatable bonds is 6. The molecule has 1 aromatic heterocycles. The first-order valence-electron chi connectivity index (χ1n) is 13.1. The van der Waals surface area contributed by atoms with E-state index in [-0.39, 0.29) is 34.8 Å². The Balaban J connectivity index is 1.53. The van der Waals surface area contributed by atoms with Crippen LogP contribution in [-0.2, 0) is 14.6 Å².